The standard InChI is InChI=1S/C25H21N3O3/c29-23(28-14-6-10-17-7-4-5-11-22(17)28)16-31-25(30)19-12-13-20-21(15-19)27-24(26-20)18-8-2-1-3-9-18/h1-5,7-9,11-13,15H,6,10,14,16H2,(H,26,27). The van der Waals surface area contributed by atoms with Gasteiger partial charge in [0.1, 0.15) is 5.82 Å². The van der Waals surface area contributed by atoms with E-state index in [2.05, 4.69) is 9.97 Å². The summed E-state index contributed by atoms with van der Waals surface area (Å²) >= 11 is 0. The molecular weight excluding hydrogens is 390 g/mol. The molecule has 5 rings (SSSR count). The second-order valence-electron chi connectivity index (χ2n) is 7.54. The van der Waals surface area contributed by atoms with Crippen molar-refractivity contribution < 1.29 is 14.3 Å². The van der Waals surface area contributed by atoms with Crippen LogP contribution < -0.4 is 4.90 Å². The Morgan fingerprint density at radius 3 is 2.68 bits per heavy atom. The molecule has 0 spiro atoms. The third-order valence-electron chi connectivity index (χ3n) is 5.50. The molecule has 1 N–H and O–H groups in total. The molecule has 1 aliphatic rings. The summed E-state index contributed by atoms with van der Waals surface area (Å²) in [6.45, 7) is 0.346. The van der Waals surface area contributed by atoms with Crippen LogP contribution >= 0.6 is 0 Å². The van der Waals surface area contributed by atoms with Gasteiger partial charge in [-0.15, -0.1) is 0 Å². The SMILES string of the molecule is O=C(OCC(=O)N1CCCc2ccccc21)c1ccc2nc(-c3ccccc3)[nH]c2c1. The smallest absolute Gasteiger partial charge is 0.338 e. The highest BCUT2D eigenvalue weighted by atomic mass is 16.5. The maximum atomic E-state index is 12.7. The molecule has 31 heavy (non-hydrogen) atoms. The summed E-state index contributed by atoms with van der Waals surface area (Å²) in [7, 11) is 0. The van der Waals surface area contributed by atoms with Crippen LogP contribution in [0, 0.1) is 0 Å². The van der Waals surface area contributed by atoms with Crippen molar-refractivity contribution in [3.8, 4) is 11.4 Å². The Kier molecular flexibility index (Phi) is 4.96. The number of carbonyl (C=O) groups excluding carboxylic acids is 2. The molecular formula is C25H21N3O3. The summed E-state index contributed by atoms with van der Waals surface area (Å²) in [5, 5.41) is 0. The van der Waals surface area contributed by atoms with E-state index in [9.17, 15) is 9.59 Å². The lowest BCUT2D eigenvalue weighted by molar-refractivity contribution is -0.121. The summed E-state index contributed by atoms with van der Waals surface area (Å²) in [6, 6.07) is 22.8. The van der Waals surface area contributed by atoms with E-state index in [0.717, 1.165) is 46.5 Å². The summed E-state index contributed by atoms with van der Waals surface area (Å²) in [5.41, 5.74) is 4.90. The van der Waals surface area contributed by atoms with Crippen molar-refractivity contribution in [2.75, 3.05) is 18.1 Å². The number of hydrogen-bond acceptors (Lipinski definition) is 4. The van der Waals surface area contributed by atoms with Gasteiger partial charge in [-0.1, -0.05) is 48.5 Å². The zero-order valence-corrected chi connectivity index (χ0v) is 16.9. The number of anilines is 1. The molecule has 1 aliphatic heterocycles. The van der Waals surface area contributed by atoms with Crippen molar-refractivity contribution in [1.82, 2.24) is 9.97 Å². The van der Waals surface area contributed by atoms with Gasteiger partial charge >= 0.3 is 5.97 Å². The number of benzene rings is 3. The molecule has 6 nitrogen and oxygen atoms in total. The van der Waals surface area contributed by atoms with Gasteiger partial charge in [-0.25, -0.2) is 9.78 Å². The number of nitrogens with zero attached hydrogens (tertiary/aromatic N) is 2. The number of aryl methyl sites for hydroxylation is 1. The second-order valence-corrected chi connectivity index (χ2v) is 7.54. The maximum absolute atomic E-state index is 12.7. The van der Waals surface area contributed by atoms with E-state index in [0.29, 0.717) is 12.1 Å². The van der Waals surface area contributed by atoms with Crippen LogP contribution in [0.15, 0.2) is 72.8 Å². The van der Waals surface area contributed by atoms with Crippen molar-refractivity contribution >= 4 is 28.6 Å². The van der Waals surface area contributed by atoms with Crippen molar-refractivity contribution in [2.24, 2.45) is 0 Å². The van der Waals surface area contributed by atoms with Crippen molar-refractivity contribution in [2.45, 2.75) is 12.8 Å². The number of fused-ring (bicyclic) bond motifs is 2. The van der Waals surface area contributed by atoms with Crippen LogP contribution in [0.2, 0.25) is 0 Å². The number of rotatable bonds is 4. The van der Waals surface area contributed by atoms with Crippen LogP contribution in [-0.2, 0) is 16.0 Å². The van der Waals surface area contributed by atoms with Gasteiger partial charge < -0.3 is 14.6 Å². The molecule has 0 saturated carbocycles. The van der Waals surface area contributed by atoms with Gasteiger partial charge in [0.15, 0.2) is 6.61 Å². The fourth-order valence-corrected chi connectivity index (χ4v) is 3.95. The topological polar surface area (TPSA) is 75.3 Å². The summed E-state index contributed by atoms with van der Waals surface area (Å²) in [6.07, 6.45) is 1.85. The Balaban J connectivity index is 1.29. The van der Waals surface area contributed by atoms with E-state index in [-0.39, 0.29) is 12.5 Å². The van der Waals surface area contributed by atoms with E-state index in [1.165, 1.54) is 0 Å². The maximum Gasteiger partial charge on any atom is 0.338 e. The highest BCUT2D eigenvalue weighted by Gasteiger charge is 2.23. The average molecular weight is 411 g/mol. The van der Waals surface area contributed by atoms with Crippen LogP contribution in [0.5, 0.6) is 0 Å². The molecule has 3 aromatic carbocycles. The first-order chi connectivity index (χ1) is 15.2. The lowest BCUT2D eigenvalue weighted by Crippen LogP contribution is -2.38. The second kappa shape index (κ2) is 8.07. The molecule has 1 amide bonds. The number of H-pyrrole nitrogens is 1. The third-order valence-corrected chi connectivity index (χ3v) is 5.50. The first kappa shape index (κ1) is 19.1. The quantitative estimate of drug-likeness (QED) is 0.506. The van der Waals surface area contributed by atoms with Crippen LogP contribution in [-0.4, -0.2) is 35.0 Å². The summed E-state index contributed by atoms with van der Waals surface area (Å²) in [5.74, 6) is -0.00838. The Bertz CT molecular complexity index is 1260. The fraction of sp³-hybridized carbons (Fsp3) is 0.160. The van der Waals surface area contributed by atoms with Gasteiger partial charge in [-0.05, 0) is 42.7 Å². The predicted octanol–water partition coefficient (Wildman–Crippen LogP) is 4.37. The lowest BCUT2D eigenvalue weighted by Gasteiger charge is -2.29. The first-order valence-electron chi connectivity index (χ1n) is 10.3. The number of imidazole rings is 1. The number of para-hydroxylation sites is 1. The van der Waals surface area contributed by atoms with Crippen LogP contribution in [0.3, 0.4) is 0 Å². The minimum atomic E-state index is -0.531. The third kappa shape index (κ3) is 3.80. The van der Waals surface area contributed by atoms with Crippen LogP contribution in [0.4, 0.5) is 5.69 Å². The minimum absolute atomic E-state index is 0.213. The molecule has 0 fully saturated rings. The number of aromatic nitrogens is 2. The van der Waals surface area contributed by atoms with Gasteiger partial charge in [-0.3, -0.25) is 4.79 Å². The van der Waals surface area contributed by atoms with Gasteiger partial charge in [0, 0.05) is 17.8 Å². The minimum Gasteiger partial charge on any atom is -0.452 e. The molecule has 0 aliphatic carbocycles. The van der Waals surface area contributed by atoms with Gasteiger partial charge in [0.05, 0.1) is 16.6 Å². The Labute approximate surface area is 179 Å². The van der Waals surface area contributed by atoms with Crippen LogP contribution in [0.25, 0.3) is 22.4 Å². The molecule has 0 saturated heterocycles. The summed E-state index contributed by atoms with van der Waals surface area (Å²) < 4.78 is 5.33. The Morgan fingerprint density at radius 1 is 1.00 bits per heavy atom. The lowest BCUT2D eigenvalue weighted by atomic mass is 10.0. The number of ether oxygens (including phenoxy) is 1. The van der Waals surface area contributed by atoms with E-state index in [1.54, 1.807) is 23.1 Å². The van der Waals surface area contributed by atoms with E-state index in [4.69, 9.17) is 4.74 Å². The molecule has 0 radical (unpaired) electrons. The number of esters is 1. The highest BCUT2D eigenvalue weighted by molar-refractivity contribution is 5.99. The van der Waals surface area contributed by atoms with Crippen molar-refractivity contribution in [3.63, 3.8) is 0 Å². The van der Waals surface area contributed by atoms with Gasteiger partial charge in [-0.2, -0.15) is 0 Å². The van der Waals surface area contributed by atoms with E-state index in [1.807, 2.05) is 54.6 Å². The Morgan fingerprint density at radius 2 is 1.81 bits per heavy atom. The number of aromatic amines is 1. The normalized spacial score (nSPS) is 13.1. The fourth-order valence-electron chi connectivity index (χ4n) is 3.95. The van der Waals surface area contributed by atoms with Crippen LogP contribution in [0.1, 0.15) is 22.3 Å². The molecule has 6 heteroatoms. The number of carbonyl (C=O) groups is 2. The average Bonchev–Trinajstić information content (AvgIpc) is 3.26. The van der Waals surface area contributed by atoms with Gasteiger partial charge in [0.2, 0.25) is 0 Å². The highest BCUT2D eigenvalue weighted by Crippen LogP contribution is 2.27. The van der Waals surface area contributed by atoms with E-state index < -0.39 is 5.97 Å². The molecule has 154 valence electrons. The van der Waals surface area contributed by atoms with Gasteiger partial charge in [0.25, 0.3) is 5.91 Å². The molecule has 4 aromatic rings. The molecule has 0 atom stereocenters. The monoisotopic (exact) mass is 411 g/mol. The molecule has 0 unspecified atom stereocenters. The number of hydrogen-bond donors (Lipinski definition) is 1. The van der Waals surface area contributed by atoms with Crippen molar-refractivity contribution in [3.05, 3.63) is 83.9 Å². The molecule has 1 aromatic heterocycles. The zero-order chi connectivity index (χ0) is 21.2. The molecule has 0 bridgehead atoms. The van der Waals surface area contributed by atoms with E-state index >= 15 is 0 Å². The van der Waals surface area contributed by atoms with Crippen molar-refractivity contribution in [1.29, 1.82) is 0 Å². The zero-order valence-electron chi connectivity index (χ0n) is 16.9. The first-order valence-corrected chi connectivity index (χ1v) is 10.3. The molecule has 2 heterocycles. The largest absolute Gasteiger partial charge is 0.452 e. The Hall–Kier alpha value is -3.93. The predicted molar refractivity (Wildman–Crippen MR) is 119 cm³/mol. The number of amides is 1. The summed E-state index contributed by atoms with van der Waals surface area (Å²) in [4.78, 5) is 34.8. The number of nitrogens with one attached hydrogen (secondary N) is 1.